The molecule has 0 unspecified atom stereocenters. The zero-order valence-electron chi connectivity index (χ0n) is 10.8. The number of aliphatic imine (C=N–C) groups is 1. The first-order valence-electron chi connectivity index (χ1n) is 5.78. The highest BCUT2D eigenvalue weighted by Gasteiger charge is 2.03. The second-order valence-corrected chi connectivity index (χ2v) is 3.86. The van der Waals surface area contributed by atoms with E-state index in [1.165, 1.54) is 0 Å². The van der Waals surface area contributed by atoms with Gasteiger partial charge in [-0.1, -0.05) is 12.1 Å². The van der Waals surface area contributed by atoms with E-state index in [4.69, 9.17) is 9.47 Å². The molecule has 2 aromatic carbocycles. The Bertz CT molecular complexity index is 594. The maximum Gasteiger partial charge on any atom is 0.162 e. The minimum Gasteiger partial charge on any atom is -0.507 e. The topological polar surface area (TPSA) is 51.0 Å². The number of phenols is 1. The highest BCUT2D eigenvalue weighted by molar-refractivity contribution is 5.85. The Morgan fingerprint density at radius 2 is 1.74 bits per heavy atom. The molecule has 4 heteroatoms. The van der Waals surface area contributed by atoms with Gasteiger partial charge in [-0.3, -0.25) is 4.99 Å². The lowest BCUT2D eigenvalue weighted by Gasteiger charge is -2.07. The third-order valence-corrected chi connectivity index (χ3v) is 2.66. The van der Waals surface area contributed by atoms with Crippen molar-refractivity contribution in [2.24, 2.45) is 4.99 Å². The Kier molecular flexibility index (Phi) is 4.03. The van der Waals surface area contributed by atoms with Gasteiger partial charge >= 0.3 is 0 Å². The van der Waals surface area contributed by atoms with E-state index >= 15 is 0 Å². The Labute approximate surface area is 111 Å². The fourth-order valence-corrected chi connectivity index (χ4v) is 1.65. The van der Waals surface area contributed by atoms with E-state index in [1.54, 1.807) is 50.8 Å². The zero-order chi connectivity index (χ0) is 13.7. The number of para-hydroxylation sites is 1. The first kappa shape index (κ1) is 13.0. The molecule has 0 radical (unpaired) electrons. The van der Waals surface area contributed by atoms with Gasteiger partial charge in [0.15, 0.2) is 11.5 Å². The number of ether oxygens (including phenoxy) is 2. The van der Waals surface area contributed by atoms with Gasteiger partial charge < -0.3 is 14.6 Å². The van der Waals surface area contributed by atoms with Crippen LogP contribution in [0.15, 0.2) is 47.5 Å². The van der Waals surface area contributed by atoms with Crippen molar-refractivity contribution in [2.75, 3.05) is 14.2 Å². The van der Waals surface area contributed by atoms with Crippen molar-refractivity contribution in [2.45, 2.75) is 0 Å². The summed E-state index contributed by atoms with van der Waals surface area (Å²) >= 11 is 0. The molecule has 0 bridgehead atoms. The molecule has 0 heterocycles. The molecule has 0 aliphatic carbocycles. The summed E-state index contributed by atoms with van der Waals surface area (Å²) in [5.41, 5.74) is 1.39. The van der Waals surface area contributed by atoms with Crippen LogP contribution in [0, 0.1) is 0 Å². The molecule has 0 saturated carbocycles. The Hall–Kier alpha value is -2.49. The molecule has 0 saturated heterocycles. The van der Waals surface area contributed by atoms with Crippen LogP contribution in [0.1, 0.15) is 5.56 Å². The number of methoxy groups -OCH3 is 2. The molecule has 0 aromatic heterocycles. The van der Waals surface area contributed by atoms with Gasteiger partial charge in [-0.25, -0.2) is 0 Å². The fraction of sp³-hybridized carbons (Fsp3) is 0.133. The summed E-state index contributed by atoms with van der Waals surface area (Å²) in [7, 11) is 3.16. The van der Waals surface area contributed by atoms with E-state index in [9.17, 15) is 5.11 Å². The number of benzene rings is 2. The zero-order valence-corrected chi connectivity index (χ0v) is 10.8. The minimum atomic E-state index is 0.201. The molecule has 0 aliphatic rings. The van der Waals surface area contributed by atoms with Gasteiger partial charge in [0.25, 0.3) is 0 Å². The lowest BCUT2D eigenvalue weighted by atomic mass is 10.2. The second kappa shape index (κ2) is 5.91. The summed E-state index contributed by atoms with van der Waals surface area (Å²) in [4.78, 5) is 4.30. The average Bonchev–Trinajstić information content (AvgIpc) is 2.46. The maximum absolute atomic E-state index is 9.64. The van der Waals surface area contributed by atoms with Gasteiger partial charge in [0.1, 0.15) is 5.75 Å². The standard InChI is InChI=1S/C15H15NO3/c1-18-14-8-7-12(9-15(14)19-2)16-10-11-5-3-4-6-13(11)17/h3-10,17H,1-2H3. The summed E-state index contributed by atoms with van der Waals surface area (Å²) in [5, 5.41) is 9.64. The van der Waals surface area contributed by atoms with Crippen molar-refractivity contribution in [1.82, 2.24) is 0 Å². The SMILES string of the molecule is COc1ccc(N=Cc2ccccc2O)cc1OC. The van der Waals surface area contributed by atoms with Crippen LogP contribution in [-0.4, -0.2) is 25.5 Å². The largest absolute Gasteiger partial charge is 0.507 e. The molecule has 4 nitrogen and oxygen atoms in total. The smallest absolute Gasteiger partial charge is 0.162 e. The van der Waals surface area contributed by atoms with E-state index in [2.05, 4.69) is 4.99 Å². The minimum absolute atomic E-state index is 0.201. The highest BCUT2D eigenvalue weighted by Crippen LogP contribution is 2.31. The van der Waals surface area contributed by atoms with E-state index in [1.807, 2.05) is 12.1 Å². The predicted molar refractivity (Wildman–Crippen MR) is 74.9 cm³/mol. The van der Waals surface area contributed by atoms with E-state index in [0.717, 1.165) is 5.69 Å². The molecule has 0 atom stereocenters. The lowest BCUT2D eigenvalue weighted by molar-refractivity contribution is 0.355. The van der Waals surface area contributed by atoms with Crippen molar-refractivity contribution in [3.8, 4) is 17.2 Å². The van der Waals surface area contributed by atoms with Gasteiger partial charge in [-0.05, 0) is 24.3 Å². The molecular weight excluding hydrogens is 242 g/mol. The number of rotatable bonds is 4. The van der Waals surface area contributed by atoms with Crippen LogP contribution < -0.4 is 9.47 Å². The van der Waals surface area contributed by atoms with Crippen LogP contribution in [-0.2, 0) is 0 Å². The van der Waals surface area contributed by atoms with Crippen molar-refractivity contribution >= 4 is 11.9 Å². The van der Waals surface area contributed by atoms with Crippen molar-refractivity contribution in [3.05, 3.63) is 48.0 Å². The lowest BCUT2D eigenvalue weighted by Crippen LogP contribution is -1.89. The summed E-state index contributed by atoms with van der Waals surface area (Å²) in [6, 6.07) is 12.4. The maximum atomic E-state index is 9.64. The number of hydrogen-bond acceptors (Lipinski definition) is 4. The van der Waals surface area contributed by atoms with Gasteiger partial charge in [-0.15, -0.1) is 0 Å². The Balaban J connectivity index is 2.26. The predicted octanol–water partition coefficient (Wildman–Crippen LogP) is 3.16. The molecule has 0 amide bonds. The van der Waals surface area contributed by atoms with Gasteiger partial charge in [0.2, 0.25) is 0 Å². The monoisotopic (exact) mass is 257 g/mol. The number of phenolic OH excluding ortho intramolecular Hbond substituents is 1. The van der Waals surface area contributed by atoms with Crippen molar-refractivity contribution < 1.29 is 14.6 Å². The number of hydrogen-bond donors (Lipinski definition) is 1. The molecule has 19 heavy (non-hydrogen) atoms. The quantitative estimate of drug-likeness (QED) is 0.856. The van der Waals surface area contributed by atoms with E-state index in [0.29, 0.717) is 17.1 Å². The first-order valence-corrected chi connectivity index (χ1v) is 5.78. The van der Waals surface area contributed by atoms with Crippen molar-refractivity contribution in [1.29, 1.82) is 0 Å². The number of nitrogens with zero attached hydrogens (tertiary/aromatic N) is 1. The third kappa shape index (κ3) is 3.04. The van der Waals surface area contributed by atoms with Crippen LogP contribution >= 0.6 is 0 Å². The van der Waals surface area contributed by atoms with E-state index in [-0.39, 0.29) is 5.75 Å². The van der Waals surface area contributed by atoms with Crippen LogP contribution in [0.5, 0.6) is 17.2 Å². The molecule has 0 aliphatic heterocycles. The Morgan fingerprint density at radius 1 is 1.00 bits per heavy atom. The second-order valence-electron chi connectivity index (χ2n) is 3.86. The molecule has 98 valence electrons. The van der Waals surface area contributed by atoms with Crippen molar-refractivity contribution in [3.63, 3.8) is 0 Å². The molecule has 0 spiro atoms. The summed E-state index contributed by atoms with van der Waals surface area (Å²) in [6.45, 7) is 0. The van der Waals surface area contributed by atoms with Crippen LogP contribution in [0.4, 0.5) is 5.69 Å². The highest BCUT2D eigenvalue weighted by atomic mass is 16.5. The summed E-state index contributed by atoms with van der Waals surface area (Å²) < 4.78 is 10.4. The number of aromatic hydroxyl groups is 1. The van der Waals surface area contributed by atoms with Crippen LogP contribution in [0.2, 0.25) is 0 Å². The van der Waals surface area contributed by atoms with Gasteiger partial charge in [-0.2, -0.15) is 0 Å². The normalized spacial score (nSPS) is 10.6. The third-order valence-electron chi connectivity index (χ3n) is 2.66. The summed E-state index contributed by atoms with van der Waals surface area (Å²) in [5.74, 6) is 1.48. The summed E-state index contributed by atoms with van der Waals surface area (Å²) in [6.07, 6.45) is 1.61. The first-order chi connectivity index (χ1) is 9.24. The molecule has 2 aromatic rings. The fourth-order valence-electron chi connectivity index (χ4n) is 1.65. The van der Waals surface area contributed by atoms with Crippen LogP contribution in [0.25, 0.3) is 0 Å². The molecule has 0 fully saturated rings. The average molecular weight is 257 g/mol. The van der Waals surface area contributed by atoms with E-state index < -0.39 is 0 Å². The van der Waals surface area contributed by atoms with Crippen LogP contribution in [0.3, 0.4) is 0 Å². The van der Waals surface area contributed by atoms with Gasteiger partial charge in [0.05, 0.1) is 19.9 Å². The van der Waals surface area contributed by atoms with Gasteiger partial charge in [0, 0.05) is 17.8 Å². The Morgan fingerprint density at radius 3 is 2.42 bits per heavy atom. The molecule has 2 rings (SSSR count). The molecule has 1 N–H and O–H groups in total. The molecular formula is C15H15NO3.